The Labute approximate surface area is 150 Å². The molecule has 1 fully saturated rings. The summed E-state index contributed by atoms with van der Waals surface area (Å²) < 4.78 is 4.95. The van der Waals surface area contributed by atoms with Gasteiger partial charge in [0, 0.05) is 17.8 Å². The molecule has 1 saturated heterocycles. The lowest BCUT2D eigenvalue weighted by atomic mass is 10.0. The van der Waals surface area contributed by atoms with Crippen LogP contribution in [0.3, 0.4) is 0 Å². The van der Waals surface area contributed by atoms with Crippen LogP contribution in [0.5, 0.6) is 0 Å². The fourth-order valence-corrected chi connectivity index (χ4v) is 3.58. The fraction of sp³-hybridized carbons (Fsp3) is 0.529. The van der Waals surface area contributed by atoms with Gasteiger partial charge < -0.3 is 15.4 Å². The summed E-state index contributed by atoms with van der Waals surface area (Å²) in [4.78, 5) is 50.3. The summed E-state index contributed by atoms with van der Waals surface area (Å²) in [6.45, 7) is 1.90. The summed E-state index contributed by atoms with van der Waals surface area (Å²) in [5, 5.41) is 0. The van der Waals surface area contributed by atoms with E-state index in [1.807, 2.05) is 13.0 Å². The molecule has 136 valence electrons. The zero-order valence-corrected chi connectivity index (χ0v) is 15.0. The predicted octanol–water partition coefficient (Wildman–Crippen LogP) is 1.43. The van der Waals surface area contributed by atoms with Gasteiger partial charge in [0.1, 0.15) is 6.04 Å². The number of likely N-dealkylation sites (tertiary alicyclic amines) is 1. The molecule has 7 nitrogen and oxygen atoms in total. The molecule has 2 N–H and O–H groups in total. The number of ketones is 1. The number of esters is 1. The van der Waals surface area contributed by atoms with E-state index >= 15 is 0 Å². The average Bonchev–Trinajstić information content (AvgIpc) is 3.04. The number of amides is 2. The average molecular weight is 366 g/mol. The van der Waals surface area contributed by atoms with Gasteiger partial charge in [0.15, 0.2) is 12.4 Å². The van der Waals surface area contributed by atoms with E-state index in [2.05, 4.69) is 0 Å². The number of aryl methyl sites for hydroxylation is 1. The number of hydrogen-bond acceptors (Lipinski definition) is 6. The van der Waals surface area contributed by atoms with Crippen molar-refractivity contribution in [2.45, 2.75) is 45.1 Å². The maximum atomic E-state index is 12.2. The van der Waals surface area contributed by atoms with Crippen molar-refractivity contribution < 1.29 is 23.9 Å². The van der Waals surface area contributed by atoms with Gasteiger partial charge in [0.2, 0.25) is 5.91 Å². The zero-order chi connectivity index (χ0) is 18.4. The summed E-state index contributed by atoms with van der Waals surface area (Å²) in [6.07, 6.45) is 2.12. The van der Waals surface area contributed by atoms with Gasteiger partial charge in [-0.3, -0.25) is 19.2 Å². The van der Waals surface area contributed by atoms with Gasteiger partial charge in [-0.05, 0) is 38.3 Å². The molecule has 0 bridgehead atoms. The Morgan fingerprint density at radius 1 is 1.24 bits per heavy atom. The Kier molecular flexibility index (Phi) is 6.69. The molecule has 0 radical (unpaired) electrons. The third-order valence-corrected chi connectivity index (χ3v) is 5.12. The van der Waals surface area contributed by atoms with Crippen LogP contribution in [-0.2, 0) is 19.1 Å². The molecule has 1 aromatic heterocycles. The highest BCUT2D eigenvalue weighted by Crippen LogP contribution is 2.18. The van der Waals surface area contributed by atoms with Crippen LogP contribution >= 0.6 is 11.3 Å². The number of rotatable bonds is 7. The first kappa shape index (κ1) is 19.1. The maximum absolute atomic E-state index is 12.2. The van der Waals surface area contributed by atoms with Crippen molar-refractivity contribution in [3.63, 3.8) is 0 Å². The molecule has 25 heavy (non-hydrogen) atoms. The van der Waals surface area contributed by atoms with Crippen molar-refractivity contribution in [1.29, 1.82) is 0 Å². The smallest absolute Gasteiger partial charge is 0.306 e. The molecule has 1 aromatic rings. The number of Topliss-reactive ketones (excluding diaryl/α,β-unsaturated/α-hetero) is 1. The quantitative estimate of drug-likeness (QED) is 0.580. The van der Waals surface area contributed by atoms with E-state index in [0.29, 0.717) is 17.8 Å². The number of primary amides is 1. The molecule has 1 aliphatic rings. The predicted molar refractivity (Wildman–Crippen MR) is 92.1 cm³/mol. The minimum atomic E-state index is -0.636. The molecular weight excluding hydrogens is 344 g/mol. The van der Waals surface area contributed by atoms with Crippen molar-refractivity contribution in [3.8, 4) is 0 Å². The number of thiophene rings is 1. The van der Waals surface area contributed by atoms with Crippen LogP contribution in [0.15, 0.2) is 12.1 Å². The summed E-state index contributed by atoms with van der Waals surface area (Å²) in [5.74, 6) is -1.71. The van der Waals surface area contributed by atoms with Crippen molar-refractivity contribution in [1.82, 2.24) is 4.90 Å². The first-order valence-electron chi connectivity index (χ1n) is 8.22. The molecule has 0 spiro atoms. The first-order chi connectivity index (χ1) is 11.9. The summed E-state index contributed by atoms with van der Waals surface area (Å²) >= 11 is 1.38. The standard InChI is InChI=1S/C17H22N2O5S/c1-11-5-7-14(25-11)13(20)6-8-16(22)24-10-15(21)19-9-3-2-4-12(19)17(18)23/h5,7,12H,2-4,6,8-10H2,1H3,(H2,18,23)/t12-/m1/s1. The molecule has 0 aromatic carbocycles. The molecule has 0 aliphatic carbocycles. The van der Waals surface area contributed by atoms with Gasteiger partial charge in [-0.2, -0.15) is 0 Å². The van der Waals surface area contributed by atoms with Crippen LogP contribution in [-0.4, -0.2) is 47.7 Å². The van der Waals surface area contributed by atoms with Crippen LogP contribution < -0.4 is 5.73 Å². The number of ether oxygens (including phenoxy) is 1. The van der Waals surface area contributed by atoms with Crippen LogP contribution in [0.25, 0.3) is 0 Å². The highest BCUT2D eigenvalue weighted by atomic mass is 32.1. The highest BCUT2D eigenvalue weighted by Gasteiger charge is 2.30. The van der Waals surface area contributed by atoms with Gasteiger partial charge in [0.05, 0.1) is 11.3 Å². The monoisotopic (exact) mass is 366 g/mol. The second-order valence-electron chi connectivity index (χ2n) is 6.00. The van der Waals surface area contributed by atoms with E-state index in [-0.39, 0.29) is 18.6 Å². The molecule has 1 aliphatic heterocycles. The number of nitrogens with two attached hydrogens (primary N) is 1. The lowest BCUT2D eigenvalue weighted by Crippen LogP contribution is -2.51. The van der Waals surface area contributed by atoms with Gasteiger partial charge in [-0.1, -0.05) is 0 Å². The van der Waals surface area contributed by atoms with Crippen LogP contribution in [0, 0.1) is 6.92 Å². The highest BCUT2D eigenvalue weighted by molar-refractivity contribution is 7.14. The molecule has 2 heterocycles. The Bertz CT molecular complexity index is 670. The van der Waals surface area contributed by atoms with Crippen molar-refractivity contribution in [2.75, 3.05) is 13.2 Å². The molecule has 1 atom stereocenters. The Morgan fingerprint density at radius 2 is 2.00 bits per heavy atom. The SMILES string of the molecule is Cc1ccc(C(=O)CCC(=O)OCC(=O)N2CCCC[C@@H]2C(N)=O)s1. The molecule has 2 amide bonds. The van der Waals surface area contributed by atoms with Gasteiger partial charge >= 0.3 is 5.97 Å². The first-order valence-corrected chi connectivity index (χ1v) is 9.04. The van der Waals surface area contributed by atoms with Crippen molar-refractivity contribution in [3.05, 3.63) is 21.9 Å². The minimum Gasteiger partial charge on any atom is -0.456 e. The van der Waals surface area contributed by atoms with Gasteiger partial charge in [0.25, 0.3) is 5.91 Å². The van der Waals surface area contributed by atoms with Crippen LogP contribution in [0.4, 0.5) is 0 Å². The van der Waals surface area contributed by atoms with E-state index in [1.54, 1.807) is 6.07 Å². The van der Waals surface area contributed by atoms with Crippen molar-refractivity contribution in [2.24, 2.45) is 5.73 Å². The lowest BCUT2D eigenvalue weighted by molar-refractivity contribution is -0.154. The van der Waals surface area contributed by atoms with Crippen molar-refractivity contribution >= 4 is 34.9 Å². The van der Waals surface area contributed by atoms with E-state index in [9.17, 15) is 19.2 Å². The second kappa shape index (κ2) is 8.75. The number of carbonyl (C=O) groups excluding carboxylic acids is 4. The van der Waals surface area contributed by atoms with E-state index in [4.69, 9.17) is 10.5 Å². The third-order valence-electron chi connectivity index (χ3n) is 4.08. The Hall–Kier alpha value is -2.22. The minimum absolute atomic E-state index is 0.0423. The summed E-state index contributed by atoms with van der Waals surface area (Å²) in [6, 6.07) is 2.95. The molecule has 2 rings (SSSR count). The lowest BCUT2D eigenvalue weighted by Gasteiger charge is -2.33. The zero-order valence-electron chi connectivity index (χ0n) is 14.2. The van der Waals surface area contributed by atoms with E-state index < -0.39 is 30.4 Å². The van der Waals surface area contributed by atoms with Crippen LogP contribution in [0.2, 0.25) is 0 Å². The molecular formula is C17H22N2O5S. The Morgan fingerprint density at radius 3 is 2.64 bits per heavy atom. The second-order valence-corrected chi connectivity index (χ2v) is 7.28. The topological polar surface area (TPSA) is 107 Å². The maximum Gasteiger partial charge on any atom is 0.306 e. The fourth-order valence-electron chi connectivity index (χ4n) is 2.75. The normalized spacial score (nSPS) is 17.2. The largest absolute Gasteiger partial charge is 0.456 e. The number of piperidine rings is 1. The molecule has 8 heteroatoms. The third kappa shape index (κ3) is 5.38. The molecule has 0 saturated carbocycles. The number of carbonyl (C=O) groups is 4. The van der Waals surface area contributed by atoms with Crippen LogP contribution in [0.1, 0.15) is 46.7 Å². The van der Waals surface area contributed by atoms with E-state index in [1.165, 1.54) is 16.2 Å². The van der Waals surface area contributed by atoms with E-state index in [0.717, 1.165) is 17.7 Å². The number of hydrogen-bond donors (Lipinski definition) is 1. The van der Waals surface area contributed by atoms with Gasteiger partial charge in [-0.25, -0.2) is 0 Å². The number of nitrogens with zero attached hydrogens (tertiary/aromatic N) is 1. The Balaban J connectivity index is 1.76. The van der Waals surface area contributed by atoms with Gasteiger partial charge in [-0.15, -0.1) is 11.3 Å². The summed E-state index contributed by atoms with van der Waals surface area (Å²) in [5.41, 5.74) is 5.31. The summed E-state index contributed by atoms with van der Waals surface area (Å²) in [7, 11) is 0. The molecule has 0 unspecified atom stereocenters.